The Bertz CT molecular complexity index is 74.6. The van der Waals surface area contributed by atoms with Crippen LogP contribution in [-0.4, -0.2) is 29.1 Å². The van der Waals surface area contributed by atoms with Crippen LogP contribution in [0.5, 0.6) is 0 Å². The van der Waals surface area contributed by atoms with Crippen molar-refractivity contribution in [3.05, 3.63) is 0 Å². The van der Waals surface area contributed by atoms with E-state index in [4.69, 9.17) is 0 Å². The highest BCUT2D eigenvalue weighted by atomic mass is 32.2. The number of thioether (sulfide) groups is 1. The van der Waals surface area contributed by atoms with E-state index >= 15 is 0 Å². The third kappa shape index (κ3) is 1.00. The lowest BCUT2D eigenvalue weighted by Gasteiger charge is -2.17. The van der Waals surface area contributed by atoms with E-state index in [2.05, 4.69) is 25.8 Å². The van der Waals surface area contributed by atoms with Gasteiger partial charge in [-0.05, 0) is 20.9 Å². The monoisotopic (exact) mass is 131 g/mol. The quantitative estimate of drug-likeness (QED) is 0.489. The van der Waals surface area contributed by atoms with E-state index in [9.17, 15) is 0 Å². The highest BCUT2D eigenvalue weighted by Gasteiger charge is 2.23. The molecule has 0 saturated carbocycles. The summed E-state index contributed by atoms with van der Waals surface area (Å²) >= 11 is 2.04. The molecule has 0 radical (unpaired) electrons. The second-order valence-corrected chi connectivity index (χ2v) is 3.80. The van der Waals surface area contributed by atoms with E-state index in [1.807, 2.05) is 11.8 Å². The van der Waals surface area contributed by atoms with Gasteiger partial charge in [-0.15, -0.1) is 11.8 Å². The number of hydrogen-bond donors (Lipinski definition) is 0. The molecule has 1 aliphatic heterocycles. The van der Waals surface area contributed by atoms with E-state index in [-0.39, 0.29) is 0 Å². The Morgan fingerprint density at radius 2 is 2.12 bits per heavy atom. The predicted octanol–water partition coefficient (Wildman–Crippen LogP) is 1.40. The van der Waals surface area contributed by atoms with Gasteiger partial charge in [-0.25, -0.2) is 0 Å². The molecule has 2 heteroatoms. The summed E-state index contributed by atoms with van der Waals surface area (Å²) < 4.78 is 0. The summed E-state index contributed by atoms with van der Waals surface area (Å²) in [4.78, 5) is 2.41. The van der Waals surface area contributed by atoms with E-state index < -0.39 is 0 Å². The zero-order chi connectivity index (χ0) is 6.15. The predicted molar refractivity (Wildman–Crippen MR) is 39.1 cm³/mol. The molecule has 1 heterocycles. The van der Waals surface area contributed by atoms with Crippen LogP contribution in [0.15, 0.2) is 0 Å². The third-order valence-electron chi connectivity index (χ3n) is 1.85. The van der Waals surface area contributed by atoms with Gasteiger partial charge in [0.2, 0.25) is 0 Å². The average Bonchev–Trinajstić information content (AvgIpc) is 1.98. The Balaban J connectivity index is 2.44. The van der Waals surface area contributed by atoms with Crippen molar-refractivity contribution in [3.8, 4) is 0 Å². The van der Waals surface area contributed by atoms with Gasteiger partial charge in [0.25, 0.3) is 0 Å². The van der Waals surface area contributed by atoms with Crippen molar-refractivity contribution in [2.75, 3.05) is 12.8 Å². The van der Waals surface area contributed by atoms with E-state index in [0.29, 0.717) is 0 Å². The first kappa shape index (κ1) is 6.43. The molecule has 2 unspecified atom stereocenters. The number of hydrogen-bond acceptors (Lipinski definition) is 2. The van der Waals surface area contributed by atoms with Crippen LogP contribution in [0.3, 0.4) is 0 Å². The Morgan fingerprint density at radius 3 is 2.25 bits per heavy atom. The van der Waals surface area contributed by atoms with Gasteiger partial charge in [0.15, 0.2) is 0 Å². The van der Waals surface area contributed by atoms with Gasteiger partial charge in [-0.1, -0.05) is 0 Å². The van der Waals surface area contributed by atoms with Gasteiger partial charge in [0.05, 0.1) is 5.37 Å². The van der Waals surface area contributed by atoms with Crippen molar-refractivity contribution in [2.24, 2.45) is 0 Å². The lowest BCUT2D eigenvalue weighted by atomic mass is 10.3. The van der Waals surface area contributed by atoms with Gasteiger partial charge >= 0.3 is 0 Å². The fourth-order valence-electron chi connectivity index (χ4n) is 0.872. The summed E-state index contributed by atoms with van der Waals surface area (Å²) in [5.41, 5.74) is 0. The molecule has 1 nitrogen and oxygen atoms in total. The SMILES string of the molecule is CC1CSC(C)N1C. The Hall–Kier alpha value is 0.310. The van der Waals surface area contributed by atoms with Crippen molar-refractivity contribution < 1.29 is 0 Å². The van der Waals surface area contributed by atoms with Crippen LogP contribution in [0.25, 0.3) is 0 Å². The number of nitrogens with zero attached hydrogens (tertiary/aromatic N) is 1. The molecule has 8 heavy (non-hydrogen) atoms. The zero-order valence-electron chi connectivity index (χ0n) is 5.72. The lowest BCUT2D eigenvalue weighted by molar-refractivity contribution is 0.290. The molecule has 0 aromatic carbocycles. The molecule has 48 valence electrons. The van der Waals surface area contributed by atoms with E-state index in [0.717, 1.165) is 11.4 Å². The van der Waals surface area contributed by atoms with Gasteiger partial charge in [0, 0.05) is 11.8 Å². The van der Waals surface area contributed by atoms with Crippen molar-refractivity contribution in [2.45, 2.75) is 25.3 Å². The molecule has 2 atom stereocenters. The Kier molecular flexibility index (Phi) is 1.83. The molecule has 0 aromatic heterocycles. The van der Waals surface area contributed by atoms with Crippen molar-refractivity contribution in [1.82, 2.24) is 4.90 Å². The molecule has 0 amide bonds. The average molecular weight is 131 g/mol. The van der Waals surface area contributed by atoms with Crippen LogP contribution >= 0.6 is 11.8 Å². The first-order valence-corrected chi connectivity index (χ1v) is 4.10. The molecule has 0 aromatic rings. The second kappa shape index (κ2) is 2.28. The minimum absolute atomic E-state index is 0.741. The van der Waals surface area contributed by atoms with Crippen LogP contribution in [0.4, 0.5) is 0 Å². The normalized spacial score (nSPS) is 40.9. The van der Waals surface area contributed by atoms with Gasteiger partial charge < -0.3 is 0 Å². The molecule has 0 bridgehead atoms. The summed E-state index contributed by atoms with van der Waals surface area (Å²) in [6, 6.07) is 0.787. The molecule has 1 fully saturated rings. The molecular formula is C6H13NS. The summed E-state index contributed by atoms with van der Waals surface area (Å²) in [5.74, 6) is 1.30. The van der Waals surface area contributed by atoms with Crippen molar-refractivity contribution in [1.29, 1.82) is 0 Å². The molecule has 0 aliphatic carbocycles. The number of rotatable bonds is 0. The fourth-order valence-corrected chi connectivity index (χ4v) is 2.11. The van der Waals surface area contributed by atoms with Gasteiger partial charge in [0.1, 0.15) is 0 Å². The van der Waals surface area contributed by atoms with Gasteiger partial charge in [-0.3, -0.25) is 4.90 Å². The molecule has 0 spiro atoms. The minimum atomic E-state index is 0.741. The van der Waals surface area contributed by atoms with Crippen LogP contribution in [0, 0.1) is 0 Å². The molecular weight excluding hydrogens is 118 g/mol. The molecule has 1 rings (SSSR count). The van der Waals surface area contributed by atoms with E-state index in [1.54, 1.807) is 0 Å². The summed E-state index contributed by atoms with van der Waals surface area (Å²) in [5, 5.41) is 0.741. The maximum atomic E-state index is 2.41. The van der Waals surface area contributed by atoms with Crippen LogP contribution in [0.2, 0.25) is 0 Å². The minimum Gasteiger partial charge on any atom is -0.291 e. The summed E-state index contributed by atoms with van der Waals surface area (Å²) in [6.07, 6.45) is 0. The molecule has 1 aliphatic rings. The third-order valence-corrected chi connectivity index (χ3v) is 3.34. The summed E-state index contributed by atoms with van der Waals surface area (Å²) in [7, 11) is 2.19. The molecule has 0 N–H and O–H groups in total. The van der Waals surface area contributed by atoms with E-state index in [1.165, 1.54) is 5.75 Å². The summed E-state index contributed by atoms with van der Waals surface area (Å²) in [6.45, 7) is 4.53. The largest absolute Gasteiger partial charge is 0.291 e. The smallest absolute Gasteiger partial charge is 0.0529 e. The highest BCUT2D eigenvalue weighted by molar-refractivity contribution is 8.00. The fraction of sp³-hybridized carbons (Fsp3) is 1.00. The highest BCUT2D eigenvalue weighted by Crippen LogP contribution is 2.25. The zero-order valence-corrected chi connectivity index (χ0v) is 6.53. The van der Waals surface area contributed by atoms with Crippen molar-refractivity contribution in [3.63, 3.8) is 0 Å². The Labute approximate surface area is 55.4 Å². The van der Waals surface area contributed by atoms with Gasteiger partial charge in [-0.2, -0.15) is 0 Å². The van der Waals surface area contributed by atoms with Crippen molar-refractivity contribution >= 4 is 11.8 Å². The van der Waals surface area contributed by atoms with Crippen LogP contribution in [-0.2, 0) is 0 Å². The first-order valence-electron chi connectivity index (χ1n) is 3.05. The maximum Gasteiger partial charge on any atom is 0.0529 e. The first-order chi connectivity index (χ1) is 3.72. The molecule has 1 saturated heterocycles. The topological polar surface area (TPSA) is 3.24 Å². The second-order valence-electron chi connectivity index (χ2n) is 2.45. The van der Waals surface area contributed by atoms with Crippen LogP contribution < -0.4 is 0 Å². The standard InChI is InChI=1S/C6H13NS/c1-5-4-8-6(2)7(5)3/h5-6H,4H2,1-3H3. The Morgan fingerprint density at radius 1 is 1.50 bits per heavy atom. The lowest BCUT2D eigenvalue weighted by Crippen LogP contribution is -2.28. The maximum absolute atomic E-state index is 2.41. The van der Waals surface area contributed by atoms with Crippen LogP contribution in [0.1, 0.15) is 13.8 Å².